The molecule has 3 fully saturated rings. The van der Waals surface area contributed by atoms with Crippen molar-refractivity contribution in [1.82, 2.24) is 28.8 Å². The third-order valence-electron chi connectivity index (χ3n) is 6.90. The van der Waals surface area contributed by atoms with Crippen LogP contribution in [-0.4, -0.2) is 68.4 Å². The number of anilines is 3. The molecule has 3 aliphatic heterocycles. The van der Waals surface area contributed by atoms with Crippen LogP contribution < -0.4 is 10.6 Å². The molecular formula is C21H25N9O2S2. The van der Waals surface area contributed by atoms with Crippen molar-refractivity contribution in [2.75, 3.05) is 23.7 Å². The highest BCUT2D eigenvalue weighted by Crippen LogP contribution is 2.41. The van der Waals surface area contributed by atoms with E-state index in [2.05, 4.69) is 26.9 Å². The lowest BCUT2D eigenvalue weighted by Crippen LogP contribution is -2.59. The minimum Gasteiger partial charge on any atom is -0.351 e. The zero-order valence-corrected chi connectivity index (χ0v) is 20.2. The number of aromatic amines is 1. The van der Waals surface area contributed by atoms with Gasteiger partial charge >= 0.3 is 0 Å². The van der Waals surface area contributed by atoms with Gasteiger partial charge in [0.2, 0.25) is 5.95 Å². The summed E-state index contributed by atoms with van der Waals surface area (Å²) in [5.74, 6) is 1.72. The van der Waals surface area contributed by atoms with Crippen LogP contribution in [0, 0.1) is 24.2 Å². The zero-order chi connectivity index (χ0) is 23.4. The average molecular weight is 500 g/mol. The largest absolute Gasteiger partial charge is 0.351 e. The average Bonchev–Trinajstić information content (AvgIpc) is 3.46. The summed E-state index contributed by atoms with van der Waals surface area (Å²) in [6, 6.07) is 6.05. The van der Waals surface area contributed by atoms with E-state index in [-0.39, 0.29) is 24.0 Å². The molecule has 6 heterocycles. The molecule has 13 heteroatoms. The van der Waals surface area contributed by atoms with Crippen molar-refractivity contribution >= 4 is 49.3 Å². The number of thiophene rings is 1. The van der Waals surface area contributed by atoms with E-state index in [0.717, 1.165) is 28.8 Å². The number of nitrogens with one attached hydrogen (secondary N) is 3. The Balaban J connectivity index is 1.19. The van der Waals surface area contributed by atoms with E-state index in [9.17, 15) is 8.42 Å². The topological polar surface area (TPSA) is 143 Å². The van der Waals surface area contributed by atoms with E-state index < -0.39 is 10.2 Å². The summed E-state index contributed by atoms with van der Waals surface area (Å²) in [7, 11) is -3.52. The normalized spacial score (nSPS) is 25.8. The van der Waals surface area contributed by atoms with Gasteiger partial charge in [0.05, 0.1) is 17.4 Å². The van der Waals surface area contributed by atoms with E-state index in [1.807, 2.05) is 24.4 Å². The molecule has 0 saturated carbocycles. The number of nitriles is 1. The molecule has 3 N–H and O–H groups in total. The molecule has 0 spiro atoms. The second-order valence-electron chi connectivity index (χ2n) is 9.27. The number of fused-ring (bicyclic) bond motifs is 3. The quantitative estimate of drug-likeness (QED) is 0.470. The number of hydrogen-bond donors (Lipinski definition) is 3. The van der Waals surface area contributed by atoms with Gasteiger partial charge in [-0.25, -0.2) is 4.98 Å². The molecule has 3 saturated heterocycles. The number of piperidine rings is 1. The van der Waals surface area contributed by atoms with E-state index >= 15 is 0 Å². The van der Waals surface area contributed by atoms with Crippen molar-refractivity contribution in [3.05, 3.63) is 23.2 Å². The van der Waals surface area contributed by atoms with E-state index in [1.165, 1.54) is 4.31 Å². The van der Waals surface area contributed by atoms with Gasteiger partial charge in [-0.2, -0.15) is 32.4 Å². The molecule has 3 aromatic heterocycles. The maximum absolute atomic E-state index is 13.2. The Morgan fingerprint density at radius 3 is 2.68 bits per heavy atom. The van der Waals surface area contributed by atoms with Crippen molar-refractivity contribution < 1.29 is 8.42 Å². The van der Waals surface area contributed by atoms with Crippen LogP contribution in [0.1, 0.15) is 31.4 Å². The monoisotopic (exact) mass is 499 g/mol. The Bertz CT molecular complexity index is 1360. The second kappa shape index (κ2) is 8.16. The van der Waals surface area contributed by atoms with Gasteiger partial charge in [0.15, 0.2) is 5.82 Å². The third-order valence-corrected chi connectivity index (χ3v) is 9.79. The van der Waals surface area contributed by atoms with Crippen molar-refractivity contribution in [1.29, 1.82) is 5.26 Å². The zero-order valence-electron chi connectivity index (χ0n) is 18.6. The van der Waals surface area contributed by atoms with Gasteiger partial charge in [-0.1, -0.05) is 0 Å². The van der Waals surface area contributed by atoms with Crippen molar-refractivity contribution in [3.63, 3.8) is 0 Å². The van der Waals surface area contributed by atoms with Crippen molar-refractivity contribution in [3.8, 4) is 6.07 Å². The number of aromatic nitrogens is 4. The first-order valence-electron chi connectivity index (χ1n) is 11.4. The Labute approximate surface area is 201 Å². The molecule has 178 valence electrons. The lowest BCUT2D eigenvalue weighted by atomic mass is 10.00. The number of H-pyrrole nitrogens is 1. The third kappa shape index (κ3) is 3.70. The van der Waals surface area contributed by atoms with Gasteiger partial charge in [-0.05, 0) is 44.1 Å². The van der Waals surface area contributed by atoms with Gasteiger partial charge in [-0.3, -0.25) is 5.10 Å². The molecule has 1 unspecified atom stereocenters. The Morgan fingerprint density at radius 2 is 2.00 bits per heavy atom. The Hall–Kier alpha value is -2.79. The lowest BCUT2D eigenvalue weighted by Gasteiger charge is -2.43. The molecule has 0 amide bonds. The minimum absolute atomic E-state index is 0.0440. The second-order valence-corrected chi connectivity index (χ2v) is 12.0. The molecule has 3 aromatic rings. The van der Waals surface area contributed by atoms with Gasteiger partial charge in [0.1, 0.15) is 10.6 Å². The fourth-order valence-electron chi connectivity index (χ4n) is 5.27. The SMILES string of the molecule is Cc1cc(Nc2nc(NC3C[C@H]4CC[C@@H](C3)N4S(=O)(=O)N3CC(C#N)C3)nc3sccc23)n[nH]1. The van der Waals surface area contributed by atoms with Crippen molar-refractivity contribution in [2.45, 2.75) is 50.7 Å². The maximum atomic E-state index is 13.2. The van der Waals surface area contributed by atoms with E-state index in [4.69, 9.17) is 15.2 Å². The highest BCUT2D eigenvalue weighted by Gasteiger charge is 2.51. The number of aryl methyl sites for hydroxylation is 1. The summed E-state index contributed by atoms with van der Waals surface area (Å²) in [4.78, 5) is 10.3. The minimum atomic E-state index is -3.52. The van der Waals surface area contributed by atoms with Gasteiger partial charge in [-0.15, -0.1) is 11.3 Å². The molecule has 0 aliphatic carbocycles. The molecule has 3 atom stereocenters. The lowest BCUT2D eigenvalue weighted by molar-refractivity contribution is 0.182. The van der Waals surface area contributed by atoms with Crippen LogP contribution in [0.3, 0.4) is 0 Å². The molecule has 34 heavy (non-hydrogen) atoms. The number of nitrogens with zero attached hydrogens (tertiary/aromatic N) is 6. The summed E-state index contributed by atoms with van der Waals surface area (Å²) in [6.07, 6.45) is 3.12. The Morgan fingerprint density at radius 1 is 1.24 bits per heavy atom. The molecule has 6 rings (SSSR count). The fraction of sp³-hybridized carbons (Fsp3) is 0.524. The van der Waals surface area contributed by atoms with Crippen LogP contribution in [0.4, 0.5) is 17.6 Å². The first kappa shape index (κ1) is 21.7. The highest BCUT2D eigenvalue weighted by molar-refractivity contribution is 7.86. The summed E-state index contributed by atoms with van der Waals surface area (Å²) in [6.45, 7) is 2.54. The van der Waals surface area contributed by atoms with Crippen LogP contribution >= 0.6 is 11.3 Å². The summed E-state index contributed by atoms with van der Waals surface area (Å²) < 4.78 is 29.5. The van der Waals surface area contributed by atoms with Crippen LogP contribution in [0.5, 0.6) is 0 Å². The number of rotatable bonds is 6. The molecule has 11 nitrogen and oxygen atoms in total. The van der Waals surface area contributed by atoms with Gasteiger partial charge in [0, 0.05) is 43.0 Å². The van der Waals surface area contributed by atoms with Crippen LogP contribution in [0.2, 0.25) is 0 Å². The van der Waals surface area contributed by atoms with Crippen molar-refractivity contribution in [2.24, 2.45) is 5.92 Å². The summed E-state index contributed by atoms with van der Waals surface area (Å²) in [5, 5.41) is 25.9. The predicted octanol–water partition coefficient (Wildman–Crippen LogP) is 2.57. The molecule has 3 aliphatic rings. The standard InChI is InChI=1S/C21H25N9O2S2/c1-12-6-18(28-27-12)24-19-17-4-5-33-20(17)26-21(25-19)23-14-7-15-2-3-16(8-14)30(15)34(31,32)29-10-13(9-22)11-29/h4-6,13-16H,2-3,7-8,10-11H2,1H3,(H3,23,24,25,26,27,28)/t14?,15-,16+. The molecule has 0 aromatic carbocycles. The smallest absolute Gasteiger partial charge is 0.282 e. The first-order valence-corrected chi connectivity index (χ1v) is 13.7. The maximum Gasteiger partial charge on any atom is 0.282 e. The van der Waals surface area contributed by atoms with Crippen LogP contribution in [-0.2, 0) is 10.2 Å². The van der Waals surface area contributed by atoms with E-state index in [0.29, 0.717) is 43.5 Å². The first-order chi connectivity index (χ1) is 16.4. The predicted molar refractivity (Wildman–Crippen MR) is 129 cm³/mol. The highest BCUT2D eigenvalue weighted by atomic mass is 32.2. The summed E-state index contributed by atoms with van der Waals surface area (Å²) >= 11 is 1.55. The van der Waals surface area contributed by atoms with Crippen LogP contribution in [0.15, 0.2) is 17.5 Å². The Kier molecular flexibility index (Phi) is 5.21. The molecular weight excluding hydrogens is 474 g/mol. The number of hydrogen-bond acceptors (Lipinski definition) is 9. The molecule has 2 bridgehead atoms. The molecule has 0 radical (unpaired) electrons. The summed E-state index contributed by atoms with van der Waals surface area (Å²) in [5.41, 5.74) is 0.954. The van der Waals surface area contributed by atoms with Gasteiger partial charge < -0.3 is 10.6 Å². The van der Waals surface area contributed by atoms with E-state index in [1.54, 1.807) is 15.6 Å². The van der Waals surface area contributed by atoms with Gasteiger partial charge in [0.25, 0.3) is 10.2 Å². The van der Waals surface area contributed by atoms with Crippen LogP contribution in [0.25, 0.3) is 10.2 Å². The fourth-order valence-corrected chi connectivity index (χ4v) is 8.17.